The molecular weight excluding hydrogens is 360 g/mol. The van der Waals surface area contributed by atoms with Crippen molar-refractivity contribution in [3.63, 3.8) is 0 Å². The van der Waals surface area contributed by atoms with Gasteiger partial charge in [-0.05, 0) is 27.6 Å². The Morgan fingerprint density at radius 1 is 0.793 bits per heavy atom. The summed E-state index contributed by atoms with van der Waals surface area (Å²) in [5.41, 5.74) is 4.16. The lowest BCUT2D eigenvalue weighted by atomic mass is 9.97. The topological polar surface area (TPSA) is 56.6 Å². The lowest BCUT2D eigenvalue weighted by Gasteiger charge is -2.17. The van der Waals surface area contributed by atoms with E-state index in [9.17, 15) is 0 Å². The molecular formula is C23H24N6. The van der Waals surface area contributed by atoms with Crippen LogP contribution in [0.1, 0.15) is 5.56 Å². The molecule has 4 aromatic rings. The smallest absolute Gasteiger partial charge is 0.228 e. The van der Waals surface area contributed by atoms with Gasteiger partial charge in [0.2, 0.25) is 5.95 Å². The molecule has 0 radical (unpaired) electrons. The number of hydrazone groups is 1. The monoisotopic (exact) mass is 384 g/mol. The molecule has 0 aliphatic carbocycles. The van der Waals surface area contributed by atoms with Crippen molar-refractivity contribution in [3.8, 4) is 0 Å². The number of nitrogens with zero attached hydrogens (tertiary/aromatic N) is 5. The van der Waals surface area contributed by atoms with Crippen molar-refractivity contribution in [3.05, 3.63) is 66.2 Å². The van der Waals surface area contributed by atoms with Gasteiger partial charge in [-0.1, -0.05) is 48.5 Å². The second kappa shape index (κ2) is 7.75. The molecule has 3 aromatic carbocycles. The fourth-order valence-electron chi connectivity index (χ4n) is 3.26. The fourth-order valence-corrected chi connectivity index (χ4v) is 3.26. The molecule has 0 fully saturated rings. The highest BCUT2D eigenvalue weighted by Crippen LogP contribution is 2.27. The van der Waals surface area contributed by atoms with Crippen LogP contribution in [-0.2, 0) is 0 Å². The van der Waals surface area contributed by atoms with Crippen molar-refractivity contribution in [1.29, 1.82) is 0 Å². The Morgan fingerprint density at radius 3 is 2.00 bits per heavy atom. The van der Waals surface area contributed by atoms with Crippen molar-refractivity contribution < 1.29 is 0 Å². The minimum absolute atomic E-state index is 0.629. The number of anilines is 3. The zero-order valence-electron chi connectivity index (χ0n) is 17.1. The maximum Gasteiger partial charge on any atom is 0.228 e. The van der Waals surface area contributed by atoms with Crippen LogP contribution >= 0.6 is 0 Å². The molecule has 0 aliphatic rings. The highest BCUT2D eigenvalue weighted by atomic mass is 15.3. The van der Waals surface area contributed by atoms with Crippen LogP contribution in [0.15, 0.2) is 65.8 Å². The van der Waals surface area contributed by atoms with Crippen LogP contribution in [0.3, 0.4) is 0 Å². The van der Waals surface area contributed by atoms with E-state index < -0.39 is 0 Å². The molecule has 6 heteroatoms. The number of rotatable bonds is 5. The van der Waals surface area contributed by atoms with Gasteiger partial charge in [0.1, 0.15) is 5.82 Å². The first kappa shape index (κ1) is 18.7. The van der Waals surface area contributed by atoms with Crippen molar-refractivity contribution in [2.24, 2.45) is 5.10 Å². The summed E-state index contributed by atoms with van der Waals surface area (Å²) < 4.78 is 0. The van der Waals surface area contributed by atoms with Crippen LogP contribution in [0, 0.1) is 0 Å². The molecule has 0 unspecified atom stereocenters. The number of benzene rings is 3. The molecule has 4 rings (SSSR count). The predicted octanol–water partition coefficient (Wildman–Crippen LogP) is 4.36. The van der Waals surface area contributed by atoms with Crippen LogP contribution in [0.25, 0.3) is 21.5 Å². The Labute approximate surface area is 170 Å². The molecule has 1 heterocycles. The van der Waals surface area contributed by atoms with Crippen molar-refractivity contribution in [1.82, 2.24) is 9.97 Å². The summed E-state index contributed by atoms with van der Waals surface area (Å²) in [6.45, 7) is 0. The third-order valence-corrected chi connectivity index (χ3v) is 4.74. The van der Waals surface area contributed by atoms with Gasteiger partial charge in [0, 0.05) is 39.8 Å². The van der Waals surface area contributed by atoms with Gasteiger partial charge in [0.15, 0.2) is 5.82 Å². The summed E-state index contributed by atoms with van der Waals surface area (Å²) in [6.07, 6.45) is 1.87. The van der Waals surface area contributed by atoms with Gasteiger partial charge in [0.25, 0.3) is 0 Å². The second-order valence-corrected chi connectivity index (χ2v) is 7.30. The van der Waals surface area contributed by atoms with E-state index in [1.54, 1.807) is 0 Å². The minimum atomic E-state index is 0.629. The van der Waals surface area contributed by atoms with E-state index in [1.807, 2.05) is 50.3 Å². The van der Waals surface area contributed by atoms with Crippen LogP contribution in [-0.4, -0.2) is 44.4 Å². The Bertz CT molecular complexity index is 1120. The molecule has 1 N–H and O–H groups in total. The number of fused-ring (bicyclic) bond motifs is 2. The lowest BCUT2D eigenvalue weighted by Crippen LogP contribution is -2.17. The van der Waals surface area contributed by atoms with Gasteiger partial charge < -0.3 is 9.80 Å². The molecule has 0 atom stereocenters. The lowest BCUT2D eigenvalue weighted by molar-refractivity contribution is 0.966. The molecule has 0 spiro atoms. The molecule has 29 heavy (non-hydrogen) atoms. The molecule has 0 bridgehead atoms. The van der Waals surface area contributed by atoms with Crippen molar-refractivity contribution in [2.45, 2.75) is 0 Å². The molecule has 0 aliphatic heterocycles. The summed E-state index contributed by atoms with van der Waals surface area (Å²) in [6, 6.07) is 20.8. The Morgan fingerprint density at radius 2 is 1.41 bits per heavy atom. The largest absolute Gasteiger partial charge is 0.363 e. The highest BCUT2D eigenvalue weighted by Gasteiger charge is 2.08. The third kappa shape index (κ3) is 3.82. The molecule has 146 valence electrons. The molecule has 0 saturated heterocycles. The molecule has 6 nitrogen and oxygen atoms in total. The van der Waals surface area contributed by atoms with Gasteiger partial charge in [-0.3, -0.25) is 5.43 Å². The molecule has 0 saturated carbocycles. The minimum Gasteiger partial charge on any atom is -0.363 e. The van der Waals surface area contributed by atoms with E-state index in [2.05, 4.69) is 75.1 Å². The highest BCUT2D eigenvalue weighted by molar-refractivity contribution is 6.13. The summed E-state index contributed by atoms with van der Waals surface area (Å²) in [5.74, 6) is 2.09. The van der Waals surface area contributed by atoms with E-state index in [1.165, 1.54) is 21.5 Å². The summed E-state index contributed by atoms with van der Waals surface area (Å²) >= 11 is 0. The van der Waals surface area contributed by atoms with E-state index in [0.29, 0.717) is 11.8 Å². The van der Waals surface area contributed by atoms with E-state index >= 15 is 0 Å². The predicted molar refractivity (Wildman–Crippen MR) is 123 cm³/mol. The Kier molecular flexibility index (Phi) is 4.99. The number of nitrogens with one attached hydrogen (secondary N) is 1. The number of hydrogen-bond donors (Lipinski definition) is 1. The standard InChI is InChI=1S/C23H24N6/c1-28(2)22-14-21(25-23(26-22)29(3)4)27-24-15-20-18-11-7-5-9-16(18)13-17-10-6-8-12-19(17)20/h5-15H,1-4H3,(H,25,26,27)/b24-15+. The first-order valence-electron chi connectivity index (χ1n) is 9.46. The summed E-state index contributed by atoms with van der Waals surface area (Å²) in [7, 11) is 7.75. The summed E-state index contributed by atoms with van der Waals surface area (Å²) in [5, 5.41) is 9.24. The van der Waals surface area contributed by atoms with Gasteiger partial charge >= 0.3 is 0 Å². The number of hydrogen-bond acceptors (Lipinski definition) is 6. The Balaban J connectivity index is 1.74. The summed E-state index contributed by atoms with van der Waals surface area (Å²) in [4.78, 5) is 12.9. The SMILES string of the molecule is CN(C)c1cc(N/N=C/c2c3ccccc3cc3ccccc23)nc(N(C)C)n1. The van der Waals surface area contributed by atoms with Gasteiger partial charge in [-0.25, -0.2) is 0 Å². The van der Waals surface area contributed by atoms with Crippen LogP contribution in [0.5, 0.6) is 0 Å². The van der Waals surface area contributed by atoms with E-state index in [0.717, 1.165) is 11.4 Å². The van der Waals surface area contributed by atoms with Crippen LogP contribution < -0.4 is 15.2 Å². The van der Waals surface area contributed by atoms with Crippen LogP contribution in [0.2, 0.25) is 0 Å². The van der Waals surface area contributed by atoms with Gasteiger partial charge in [-0.15, -0.1) is 0 Å². The average molecular weight is 384 g/mol. The van der Waals surface area contributed by atoms with Gasteiger partial charge in [0.05, 0.1) is 6.21 Å². The maximum absolute atomic E-state index is 4.53. The zero-order valence-corrected chi connectivity index (χ0v) is 17.1. The third-order valence-electron chi connectivity index (χ3n) is 4.74. The molecule has 1 aromatic heterocycles. The maximum atomic E-state index is 4.53. The second-order valence-electron chi connectivity index (χ2n) is 7.30. The molecule has 0 amide bonds. The van der Waals surface area contributed by atoms with Crippen molar-refractivity contribution in [2.75, 3.05) is 43.4 Å². The zero-order chi connectivity index (χ0) is 20.4. The quantitative estimate of drug-likeness (QED) is 0.315. The van der Waals surface area contributed by atoms with Crippen molar-refractivity contribution >= 4 is 45.3 Å². The first-order chi connectivity index (χ1) is 14.0. The van der Waals surface area contributed by atoms with Crippen LogP contribution in [0.4, 0.5) is 17.6 Å². The van der Waals surface area contributed by atoms with E-state index in [4.69, 9.17) is 0 Å². The van der Waals surface area contributed by atoms with E-state index in [-0.39, 0.29) is 0 Å². The average Bonchev–Trinajstić information content (AvgIpc) is 2.73. The van der Waals surface area contributed by atoms with Gasteiger partial charge in [-0.2, -0.15) is 15.1 Å². The normalized spacial score (nSPS) is 11.3. The number of aromatic nitrogens is 2. The first-order valence-corrected chi connectivity index (χ1v) is 9.46. The Hall–Kier alpha value is -3.67. The fraction of sp³-hybridized carbons (Fsp3) is 0.174.